The molecular formula is C26H19ClN2O4S. The van der Waals surface area contributed by atoms with Crippen molar-refractivity contribution in [3.63, 3.8) is 0 Å². The number of anilines is 1. The van der Waals surface area contributed by atoms with Crippen LogP contribution in [-0.4, -0.2) is 21.8 Å². The third-order valence-electron chi connectivity index (χ3n) is 5.71. The van der Waals surface area contributed by atoms with E-state index in [1.807, 2.05) is 37.3 Å². The molecule has 1 aliphatic heterocycles. The third-order valence-corrected chi connectivity index (χ3v) is 7.15. The van der Waals surface area contributed by atoms with Crippen LogP contribution in [-0.2, 0) is 4.79 Å². The quantitative estimate of drug-likeness (QED) is 0.325. The van der Waals surface area contributed by atoms with Gasteiger partial charge in [-0.05, 0) is 49.7 Å². The van der Waals surface area contributed by atoms with Crippen LogP contribution in [0.1, 0.15) is 32.7 Å². The van der Waals surface area contributed by atoms with E-state index in [0.29, 0.717) is 32.0 Å². The van der Waals surface area contributed by atoms with Gasteiger partial charge >= 0.3 is 0 Å². The molecule has 8 heteroatoms. The van der Waals surface area contributed by atoms with Crippen molar-refractivity contribution in [3.8, 4) is 10.6 Å². The van der Waals surface area contributed by atoms with Crippen LogP contribution < -0.4 is 4.90 Å². The van der Waals surface area contributed by atoms with Gasteiger partial charge in [0, 0.05) is 16.3 Å². The third kappa shape index (κ3) is 3.63. The highest BCUT2D eigenvalue weighted by Gasteiger charge is 2.47. The Morgan fingerprint density at radius 1 is 1.12 bits per heavy atom. The maximum atomic E-state index is 13.8. The van der Waals surface area contributed by atoms with Crippen molar-refractivity contribution in [1.82, 2.24) is 4.98 Å². The first-order valence-electron chi connectivity index (χ1n) is 10.5. The van der Waals surface area contributed by atoms with E-state index in [1.165, 1.54) is 22.5 Å². The summed E-state index contributed by atoms with van der Waals surface area (Å²) in [6.07, 6.45) is 1.47. The number of thiazole rings is 1. The van der Waals surface area contributed by atoms with E-state index in [9.17, 15) is 14.7 Å². The number of aromatic nitrogens is 1. The lowest BCUT2D eigenvalue weighted by Crippen LogP contribution is -2.31. The van der Waals surface area contributed by atoms with Gasteiger partial charge in [0.25, 0.3) is 5.91 Å². The SMILES string of the molecule is Cc1cc(Cl)ccc1N1C(=O)C(O)=C(C(=O)c2sc(-c3ccccc3)nc2C)C1c1ccco1. The first-order valence-corrected chi connectivity index (χ1v) is 11.7. The lowest BCUT2D eigenvalue weighted by molar-refractivity contribution is -0.117. The maximum Gasteiger partial charge on any atom is 0.294 e. The van der Waals surface area contributed by atoms with Crippen molar-refractivity contribution in [2.75, 3.05) is 4.90 Å². The predicted octanol–water partition coefficient (Wildman–Crippen LogP) is 6.46. The summed E-state index contributed by atoms with van der Waals surface area (Å²) in [5.41, 5.74) is 2.62. The van der Waals surface area contributed by atoms with Crippen molar-refractivity contribution in [1.29, 1.82) is 0 Å². The van der Waals surface area contributed by atoms with Gasteiger partial charge < -0.3 is 9.52 Å². The zero-order valence-electron chi connectivity index (χ0n) is 18.3. The van der Waals surface area contributed by atoms with E-state index >= 15 is 0 Å². The molecule has 1 aliphatic rings. The van der Waals surface area contributed by atoms with Crippen molar-refractivity contribution < 1.29 is 19.1 Å². The second-order valence-corrected chi connectivity index (χ2v) is 9.35. The molecule has 6 nitrogen and oxygen atoms in total. The molecule has 0 saturated carbocycles. The standard InChI is InChI=1S/C26H19ClN2O4S/c1-14-13-17(27)10-11-18(14)29-21(19-9-6-12-33-19)20(23(31)26(29)32)22(30)24-15(2)28-25(34-24)16-7-4-3-5-8-16/h3-13,21,31H,1-2H3. The Labute approximate surface area is 204 Å². The van der Waals surface area contributed by atoms with Crippen LogP contribution >= 0.6 is 22.9 Å². The van der Waals surface area contributed by atoms with Gasteiger partial charge in [0.1, 0.15) is 16.8 Å². The van der Waals surface area contributed by atoms with Crippen molar-refractivity contribution in [3.05, 3.63) is 105 Å². The monoisotopic (exact) mass is 490 g/mol. The number of aliphatic hydroxyl groups excluding tert-OH is 1. The Morgan fingerprint density at radius 3 is 2.56 bits per heavy atom. The number of carbonyl (C=O) groups excluding carboxylic acids is 2. The highest BCUT2D eigenvalue weighted by molar-refractivity contribution is 7.17. The number of furan rings is 1. The van der Waals surface area contributed by atoms with Gasteiger partial charge in [0.15, 0.2) is 5.76 Å². The number of rotatable bonds is 5. The molecule has 0 aliphatic carbocycles. The number of halogens is 1. The topological polar surface area (TPSA) is 83.6 Å². The molecule has 4 aromatic rings. The van der Waals surface area contributed by atoms with E-state index in [4.69, 9.17) is 16.0 Å². The summed E-state index contributed by atoms with van der Waals surface area (Å²) in [7, 11) is 0. The molecule has 1 unspecified atom stereocenters. The minimum absolute atomic E-state index is 0.0411. The van der Waals surface area contributed by atoms with Crippen LogP contribution in [0, 0.1) is 13.8 Å². The van der Waals surface area contributed by atoms with Gasteiger partial charge in [-0.15, -0.1) is 11.3 Å². The van der Waals surface area contributed by atoms with Gasteiger partial charge in [-0.25, -0.2) is 4.98 Å². The van der Waals surface area contributed by atoms with Crippen LogP contribution in [0.3, 0.4) is 0 Å². The van der Waals surface area contributed by atoms with Crippen LogP contribution in [0.2, 0.25) is 5.02 Å². The van der Waals surface area contributed by atoms with Crippen LogP contribution in [0.15, 0.2) is 82.7 Å². The number of aliphatic hydroxyl groups is 1. The summed E-state index contributed by atoms with van der Waals surface area (Å²) >= 11 is 7.34. The normalized spacial score (nSPS) is 15.9. The second-order valence-electron chi connectivity index (χ2n) is 7.91. The van der Waals surface area contributed by atoms with Crippen LogP contribution in [0.4, 0.5) is 5.69 Å². The molecule has 0 fully saturated rings. The fourth-order valence-electron chi connectivity index (χ4n) is 4.12. The van der Waals surface area contributed by atoms with Crippen molar-refractivity contribution in [2.24, 2.45) is 0 Å². The molecule has 5 rings (SSSR count). The minimum Gasteiger partial charge on any atom is -0.503 e. The molecule has 0 saturated heterocycles. The predicted molar refractivity (Wildman–Crippen MR) is 131 cm³/mol. The van der Waals surface area contributed by atoms with Gasteiger partial charge in [-0.1, -0.05) is 41.9 Å². The molecule has 34 heavy (non-hydrogen) atoms. The molecule has 1 atom stereocenters. The van der Waals surface area contributed by atoms with Crippen LogP contribution in [0.5, 0.6) is 0 Å². The number of ketones is 1. The van der Waals surface area contributed by atoms with Gasteiger partial charge in [0.05, 0.1) is 22.4 Å². The second kappa shape index (κ2) is 8.59. The summed E-state index contributed by atoms with van der Waals surface area (Å²) in [6, 6.07) is 17.0. The zero-order chi connectivity index (χ0) is 24.0. The minimum atomic E-state index is -0.934. The Balaban J connectivity index is 1.62. The number of carbonyl (C=O) groups is 2. The fraction of sp³-hybridized carbons (Fsp3) is 0.115. The number of aryl methyl sites for hydroxylation is 2. The number of hydrogen-bond donors (Lipinski definition) is 1. The van der Waals surface area contributed by atoms with Gasteiger partial charge in [-0.2, -0.15) is 0 Å². The first kappa shape index (κ1) is 22.1. The highest BCUT2D eigenvalue weighted by Crippen LogP contribution is 2.44. The summed E-state index contributed by atoms with van der Waals surface area (Å²) in [4.78, 5) is 33.4. The molecule has 1 N–H and O–H groups in total. The first-order chi connectivity index (χ1) is 16.4. The van der Waals surface area contributed by atoms with E-state index in [-0.39, 0.29) is 5.57 Å². The average molecular weight is 491 g/mol. The largest absolute Gasteiger partial charge is 0.503 e. The molecule has 0 spiro atoms. The molecule has 170 valence electrons. The average Bonchev–Trinajstić information content (AvgIpc) is 3.54. The molecule has 2 aromatic carbocycles. The van der Waals surface area contributed by atoms with Crippen LogP contribution in [0.25, 0.3) is 10.6 Å². The number of amides is 1. The molecule has 3 heterocycles. The molecule has 0 radical (unpaired) electrons. The Hall–Kier alpha value is -3.68. The summed E-state index contributed by atoms with van der Waals surface area (Å²) in [5.74, 6) is -1.38. The zero-order valence-corrected chi connectivity index (χ0v) is 19.9. The Bertz CT molecular complexity index is 1440. The smallest absolute Gasteiger partial charge is 0.294 e. The van der Waals surface area contributed by atoms with Gasteiger partial charge in [-0.3, -0.25) is 14.5 Å². The number of benzene rings is 2. The Kier molecular flexibility index (Phi) is 5.59. The van der Waals surface area contributed by atoms with E-state index in [0.717, 1.165) is 11.1 Å². The lowest BCUT2D eigenvalue weighted by atomic mass is 9.99. The lowest BCUT2D eigenvalue weighted by Gasteiger charge is -2.26. The molecule has 0 bridgehead atoms. The number of hydrogen-bond acceptors (Lipinski definition) is 6. The van der Waals surface area contributed by atoms with Crippen molar-refractivity contribution >= 4 is 40.3 Å². The summed E-state index contributed by atoms with van der Waals surface area (Å²) in [5, 5.41) is 12.1. The number of nitrogens with zero attached hydrogens (tertiary/aromatic N) is 2. The maximum absolute atomic E-state index is 13.8. The highest BCUT2D eigenvalue weighted by atomic mass is 35.5. The number of Topliss-reactive ketones (excluding diaryl/α,β-unsaturated/α-hetero) is 1. The molecule has 1 amide bonds. The van der Waals surface area contributed by atoms with E-state index in [2.05, 4.69) is 4.98 Å². The van der Waals surface area contributed by atoms with E-state index in [1.54, 1.807) is 37.3 Å². The van der Waals surface area contributed by atoms with Gasteiger partial charge in [0.2, 0.25) is 5.78 Å². The Morgan fingerprint density at radius 2 is 1.88 bits per heavy atom. The summed E-state index contributed by atoms with van der Waals surface area (Å²) in [6.45, 7) is 3.55. The summed E-state index contributed by atoms with van der Waals surface area (Å²) < 4.78 is 5.62. The molecule has 2 aromatic heterocycles. The molecular weight excluding hydrogens is 472 g/mol. The van der Waals surface area contributed by atoms with Crippen molar-refractivity contribution in [2.45, 2.75) is 19.9 Å². The fourth-order valence-corrected chi connectivity index (χ4v) is 5.38. The van der Waals surface area contributed by atoms with E-state index < -0.39 is 23.5 Å².